The molecule has 0 radical (unpaired) electrons. The molecule has 0 spiro atoms. The minimum absolute atomic E-state index is 0.120. The Hall–Kier alpha value is -0.760. The van der Waals surface area contributed by atoms with Crippen LogP contribution in [0.5, 0.6) is 0 Å². The highest BCUT2D eigenvalue weighted by Gasteiger charge is 2.56. The molecule has 2 fully saturated rings. The number of carbonyl (C=O) groups excluding carboxylic acids is 1. The standard InChI is InChI=1S/C20H27ClO2/c1-12(22)23-19-8-7-18-17-5-3-13-11-14(21)4-6-15(13)16(17)9-10-20(18,19)2/h3,5,11,13,15-19H,4,6-10H2,1-2H3/t13?,15-,16?,17?,18?,19-,20-/m0/s1. The number of rotatable bonds is 1. The van der Waals surface area contributed by atoms with E-state index in [2.05, 4.69) is 25.2 Å². The molecule has 0 aromatic heterocycles. The van der Waals surface area contributed by atoms with Gasteiger partial charge in [0.25, 0.3) is 0 Å². The molecule has 0 N–H and O–H groups in total. The Balaban J connectivity index is 1.60. The molecule has 0 aromatic rings. The maximum Gasteiger partial charge on any atom is 0.302 e. The summed E-state index contributed by atoms with van der Waals surface area (Å²) in [6.45, 7) is 3.91. The lowest BCUT2D eigenvalue weighted by molar-refractivity contribution is -0.155. The van der Waals surface area contributed by atoms with E-state index in [1.165, 1.54) is 25.7 Å². The second-order valence-electron chi connectivity index (χ2n) is 8.35. The van der Waals surface area contributed by atoms with E-state index in [-0.39, 0.29) is 17.5 Å². The molecular weight excluding hydrogens is 308 g/mol. The summed E-state index contributed by atoms with van der Waals surface area (Å²) >= 11 is 6.27. The van der Waals surface area contributed by atoms with Gasteiger partial charge in [-0.05, 0) is 68.1 Å². The zero-order valence-corrected chi connectivity index (χ0v) is 14.9. The van der Waals surface area contributed by atoms with Crippen LogP contribution in [0.4, 0.5) is 0 Å². The molecule has 23 heavy (non-hydrogen) atoms. The van der Waals surface area contributed by atoms with Crippen molar-refractivity contribution in [1.82, 2.24) is 0 Å². The molecule has 0 bridgehead atoms. The van der Waals surface area contributed by atoms with Crippen molar-refractivity contribution in [2.24, 2.45) is 35.0 Å². The lowest BCUT2D eigenvalue weighted by Crippen LogP contribution is -2.47. The highest BCUT2D eigenvalue weighted by atomic mass is 35.5. The summed E-state index contributed by atoms with van der Waals surface area (Å²) in [6, 6.07) is 0. The molecule has 0 aromatic carbocycles. The molecule has 0 saturated heterocycles. The highest BCUT2D eigenvalue weighted by molar-refractivity contribution is 6.29. The molecule has 0 heterocycles. The molecule has 2 saturated carbocycles. The van der Waals surface area contributed by atoms with E-state index in [1.807, 2.05) is 0 Å². The van der Waals surface area contributed by atoms with Crippen molar-refractivity contribution in [3.05, 3.63) is 23.3 Å². The van der Waals surface area contributed by atoms with Gasteiger partial charge in [-0.15, -0.1) is 0 Å². The Bertz CT molecular complexity index is 566. The average molecular weight is 335 g/mol. The molecule has 3 heteroatoms. The normalized spacial score (nSPS) is 48.0. The largest absolute Gasteiger partial charge is 0.462 e. The minimum atomic E-state index is -0.120. The number of hydrogen-bond donors (Lipinski definition) is 0. The van der Waals surface area contributed by atoms with Gasteiger partial charge in [0, 0.05) is 17.4 Å². The molecule has 4 unspecified atom stereocenters. The first-order valence-corrected chi connectivity index (χ1v) is 9.58. The molecule has 2 nitrogen and oxygen atoms in total. The number of hydrogen-bond acceptors (Lipinski definition) is 2. The van der Waals surface area contributed by atoms with Gasteiger partial charge in [0.05, 0.1) is 0 Å². The third-order valence-corrected chi connectivity index (χ3v) is 7.61. The minimum Gasteiger partial charge on any atom is -0.462 e. The first-order valence-electron chi connectivity index (χ1n) is 9.21. The van der Waals surface area contributed by atoms with Gasteiger partial charge in [0.1, 0.15) is 6.10 Å². The number of allylic oxidation sites excluding steroid dienone is 4. The number of ether oxygens (including phenoxy) is 1. The molecule has 4 rings (SSSR count). The Labute approximate surface area is 144 Å². The Kier molecular flexibility index (Phi) is 3.87. The van der Waals surface area contributed by atoms with E-state index < -0.39 is 0 Å². The topological polar surface area (TPSA) is 26.3 Å². The zero-order chi connectivity index (χ0) is 16.2. The predicted molar refractivity (Wildman–Crippen MR) is 91.9 cm³/mol. The third kappa shape index (κ3) is 2.49. The summed E-state index contributed by atoms with van der Waals surface area (Å²) in [5.74, 6) is 3.33. The van der Waals surface area contributed by atoms with Gasteiger partial charge < -0.3 is 4.74 Å². The molecule has 126 valence electrons. The number of esters is 1. The third-order valence-electron chi connectivity index (χ3n) is 7.30. The van der Waals surface area contributed by atoms with Crippen molar-refractivity contribution in [1.29, 1.82) is 0 Å². The van der Waals surface area contributed by atoms with Crippen molar-refractivity contribution in [3.63, 3.8) is 0 Å². The maximum absolute atomic E-state index is 11.5. The van der Waals surface area contributed by atoms with Crippen LogP contribution in [0.1, 0.15) is 52.4 Å². The highest BCUT2D eigenvalue weighted by Crippen LogP contribution is 2.61. The summed E-state index contributed by atoms with van der Waals surface area (Å²) in [5, 5.41) is 1.05. The second-order valence-corrected chi connectivity index (χ2v) is 8.83. The predicted octanol–water partition coefficient (Wildman–Crippen LogP) is 5.08. The molecule has 4 aliphatic rings. The van der Waals surface area contributed by atoms with Crippen LogP contribution >= 0.6 is 11.6 Å². The van der Waals surface area contributed by atoms with E-state index in [0.29, 0.717) is 17.8 Å². The molecule has 0 aliphatic heterocycles. The van der Waals surface area contributed by atoms with E-state index in [0.717, 1.165) is 29.7 Å². The van der Waals surface area contributed by atoms with E-state index >= 15 is 0 Å². The van der Waals surface area contributed by atoms with Crippen LogP contribution in [0.3, 0.4) is 0 Å². The van der Waals surface area contributed by atoms with Gasteiger partial charge in [0.15, 0.2) is 0 Å². The summed E-state index contributed by atoms with van der Waals surface area (Å²) in [4.78, 5) is 11.5. The van der Waals surface area contributed by atoms with Gasteiger partial charge in [-0.2, -0.15) is 0 Å². The van der Waals surface area contributed by atoms with Crippen molar-refractivity contribution in [2.75, 3.05) is 0 Å². The monoisotopic (exact) mass is 334 g/mol. The van der Waals surface area contributed by atoms with Gasteiger partial charge in [-0.3, -0.25) is 4.79 Å². The fourth-order valence-electron chi connectivity index (χ4n) is 6.21. The molecule has 4 aliphatic carbocycles. The second kappa shape index (κ2) is 5.65. The summed E-state index contributed by atoms with van der Waals surface area (Å²) in [5.41, 5.74) is 0.173. The fraction of sp³-hybridized carbons (Fsp3) is 0.750. The Morgan fingerprint density at radius 3 is 2.83 bits per heavy atom. The van der Waals surface area contributed by atoms with E-state index in [9.17, 15) is 4.79 Å². The van der Waals surface area contributed by atoms with Gasteiger partial charge in [0.2, 0.25) is 0 Å². The molecule has 0 amide bonds. The summed E-state index contributed by atoms with van der Waals surface area (Å²) in [7, 11) is 0. The summed E-state index contributed by atoms with van der Waals surface area (Å²) < 4.78 is 5.69. The summed E-state index contributed by atoms with van der Waals surface area (Å²) in [6.07, 6.45) is 14.3. The SMILES string of the molecule is CC(=O)O[C@H]1CCC2C3C=CC4C=C(Cl)CC[C@@H]4C3CC[C@@]21C. The van der Waals surface area contributed by atoms with Crippen LogP contribution in [-0.2, 0) is 9.53 Å². The Morgan fingerprint density at radius 2 is 2.04 bits per heavy atom. The molecular formula is C20H27ClO2. The lowest BCUT2D eigenvalue weighted by Gasteiger charge is -2.52. The van der Waals surface area contributed by atoms with Crippen molar-refractivity contribution in [2.45, 2.75) is 58.5 Å². The van der Waals surface area contributed by atoms with Crippen molar-refractivity contribution in [3.8, 4) is 0 Å². The van der Waals surface area contributed by atoms with Crippen molar-refractivity contribution >= 4 is 17.6 Å². The van der Waals surface area contributed by atoms with Gasteiger partial charge >= 0.3 is 5.97 Å². The zero-order valence-electron chi connectivity index (χ0n) is 14.1. The first kappa shape index (κ1) is 15.7. The molecule has 7 atom stereocenters. The van der Waals surface area contributed by atoms with E-state index in [1.54, 1.807) is 6.92 Å². The van der Waals surface area contributed by atoms with Crippen LogP contribution in [0.2, 0.25) is 0 Å². The first-order chi connectivity index (χ1) is 11.0. The van der Waals surface area contributed by atoms with Gasteiger partial charge in [-0.25, -0.2) is 0 Å². The average Bonchev–Trinajstić information content (AvgIpc) is 2.83. The van der Waals surface area contributed by atoms with Gasteiger partial charge in [-0.1, -0.05) is 36.8 Å². The Morgan fingerprint density at radius 1 is 1.22 bits per heavy atom. The van der Waals surface area contributed by atoms with Crippen LogP contribution in [0.15, 0.2) is 23.3 Å². The van der Waals surface area contributed by atoms with E-state index in [4.69, 9.17) is 16.3 Å². The number of halogens is 1. The van der Waals surface area contributed by atoms with Crippen LogP contribution in [-0.4, -0.2) is 12.1 Å². The maximum atomic E-state index is 11.5. The van der Waals surface area contributed by atoms with Crippen molar-refractivity contribution < 1.29 is 9.53 Å². The fourth-order valence-corrected chi connectivity index (χ4v) is 6.47. The quantitative estimate of drug-likeness (QED) is 0.493. The van der Waals surface area contributed by atoms with Crippen LogP contribution in [0.25, 0.3) is 0 Å². The van der Waals surface area contributed by atoms with Crippen LogP contribution in [0, 0.1) is 35.0 Å². The smallest absolute Gasteiger partial charge is 0.302 e. The van der Waals surface area contributed by atoms with Crippen LogP contribution < -0.4 is 0 Å². The number of carbonyl (C=O) groups is 1. The number of fused-ring (bicyclic) bond motifs is 5. The lowest BCUT2D eigenvalue weighted by atomic mass is 9.53.